The minimum absolute atomic E-state index is 0.569. The van der Waals surface area contributed by atoms with Crippen LogP contribution in [0.25, 0.3) is 11.3 Å². The van der Waals surface area contributed by atoms with Gasteiger partial charge in [-0.25, -0.2) is 4.98 Å². The van der Waals surface area contributed by atoms with E-state index in [1.807, 2.05) is 12.3 Å². The Morgan fingerprint density at radius 1 is 1.39 bits per heavy atom. The third-order valence-corrected chi connectivity index (χ3v) is 3.11. The highest BCUT2D eigenvalue weighted by Gasteiger charge is 2.09. The lowest BCUT2D eigenvalue weighted by Gasteiger charge is -2.08. The van der Waals surface area contributed by atoms with E-state index in [1.165, 1.54) is 5.56 Å². The van der Waals surface area contributed by atoms with Crippen LogP contribution >= 0.6 is 11.6 Å². The molecule has 0 saturated heterocycles. The Morgan fingerprint density at radius 3 is 2.89 bits per heavy atom. The molecule has 2 rings (SSSR count). The average molecular weight is 265 g/mol. The molecule has 4 heteroatoms. The van der Waals surface area contributed by atoms with Crippen LogP contribution in [0.4, 0.5) is 0 Å². The highest BCUT2D eigenvalue weighted by molar-refractivity contribution is 6.17. The third kappa shape index (κ3) is 2.67. The van der Waals surface area contributed by atoms with Crippen molar-refractivity contribution in [2.75, 3.05) is 13.0 Å². The van der Waals surface area contributed by atoms with Crippen molar-refractivity contribution in [3.05, 3.63) is 35.8 Å². The van der Waals surface area contributed by atoms with Crippen LogP contribution in [-0.2, 0) is 12.8 Å². The maximum Gasteiger partial charge on any atom is 0.128 e. The maximum absolute atomic E-state index is 5.71. The first-order valence-electron chi connectivity index (χ1n) is 6.05. The minimum Gasteiger partial charge on any atom is -0.496 e. The second-order valence-electron chi connectivity index (χ2n) is 4.07. The number of alkyl halides is 1. The van der Waals surface area contributed by atoms with Gasteiger partial charge in [-0.3, -0.25) is 0 Å². The third-order valence-electron chi connectivity index (χ3n) is 2.92. The number of imidazole rings is 1. The van der Waals surface area contributed by atoms with E-state index in [-0.39, 0.29) is 0 Å². The van der Waals surface area contributed by atoms with Gasteiger partial charge in [0.2, 0.25) is 0 Å². The molecule has 0 unspecified atom stereocenters. The van der Waals surface area contributed by atoms with E-state index in [1.54, 1.807) is 7.11 Å². The summed E-state index contributed by atoms with van der Waals surface area (Å²) < 4.78 is 5.39. The smallest absolute Gasteiger partial charge is 0.128 e. The number of ether oxygens (including phenoxy) is 1. The summed E-state index contributed by atoms with van der Waals surface area (Å²) in [4.78, 5) is 7.60. The molecule has 96 valence electrons. The second kappa shape index (κ2) is 5.91. The van der Waals surface area contributed by atoms with Gasteiger partial charge in [-0.2, -0.15) is 0 Å². The molecule has 3 nitrogen and oxygen atoms in total. The molecule has 1 N–H and O–H groups in total. The van der Waals surface area contributed by atoms with E-state index < -0.39 is 0 Å². The first kappa shape index (κ1) is 13.0. The summed E-state index contributed by atoms with van der Waals surface area (Å²) in [6.07, 6.45) is 3.58. The Bertz CT molecular complexity index is 522. The molecule has 1 aromatic heterocycles. The Morgan fingerprint density at radius 2 is 2.22 bits per heavy atom. The van der Waals surface area contributed by atoms with E-state index in [9.17, 15) is 0 Å². The van der Waals surface area contributed by atoms with Crippen LogP contribution in [0, 0.1) is 0 Å². The number of methoxy groups -OCH3 is 1. The van der Waals surface area contributed by atoms with Crippen LogP contribution in [0.1, 0.15) is 18.3 Å². The van der Waals surface area contributed by atoms with Crippen LogP contribution in [0.3, 0.4) is 0 Å². The van der Waals surface area contributed by atoms with Gasteiger partial charge in [0.25, 0.3) is 0 Å². The number of nitrogens with one attached hydrogen (secondary N) is 1. The summed E-state index contributed by atoms with van der Waals surface area (Å²) in [5.74, 6) is 2.33. The number of halogens is 1. The highest BCUT2D eigenvalue weighted by atomic mass is 35.5. The number of aromatic amines is 1. The van der Waals surface area contributed by atoms with E-state index in [0.29, 0.717) is 5.88 Å². The average Bonchev–Trinajstić information content (AvgIpc) is 2.87. The van der Waals surface area contributed by atoms with Gasteiger partial charge >= 0.3 is 0 Å². The SMILES string of the molecule is CCc1ccc(OC)c(-c2cnc(CCCl)[nH]2)c1. The van der Waals surface area contributed by atoms with Crippen molar-refractivity contribution < 1.29 is 4.74 Å². The van der Waals surface area contributed by atoms with Crippen LogP contribution < -0.4 is 4.74 Å². The summed E-state index contributed by atoms with van der Waals surface area (Å²) >= 11 is 5.71. The van der Waals surface area contributed by atoms with E-state index in [0.717, 1.165) is 35.7 Å². The molecule has 0 aliphatic rings. The Hall–Kier alpha value is -1.48. The minimum atomic E-state index is 0.569. The molecule has 0 amide bonds. The van der Waals surface area contributed by atoms with Gasteiger partial charge in [-0.15, -0.1) is 11.6 Å². The van der Waals surface area contributed by atoms with E-state index in [2.05, 4.69) is 29.0 Å². The van der Waals surface area contributed by atoms with Crippen molar-refractivity contribution in [3.8, 4) is 17.0 Å². The largest absolute Gasteiger partial charge is 0.496 e. The van der Waals surface area contributed by atoms with Crippen molar-refractivity contribution in [2.45, 2.75) is 19.8 Å². The lowest BCUT2D eigenvalue weighted by molar-refractivity contribution is 0.416. The van der Waals surface area contributed by atoms with E-state index >= 15 is 0 Å². The van der Waals surface area contributed by atoms with Crippen LogP contribution in [0.2, 0.25) is 0 Å². The van der Waals surface area contributed by atoms with Crippen LogP contribution in [-0.4, -0.2) is 23.0 Å². The number of benzene rings is 1. The molecule has 0 fully saturated rings. The fourth-order valence-corrected chi connectivity index (χ4v) is 2.08. The summed E-state index contributed by atoms with van der Waals surface area (Å²) in [6.45, 7) is 2.14. The molecule has 1 heterocycles. The number of aromatic nitrogens is 2. The maximum atomic E-state index is 5.71. The van der Waals surface area contributed by atoms with Gasteiger partial charge in [0.1, 0.15) is 11.6 Å². The number of hydrogen-bond donors (Lipinski definition) is 1. The molecule has 1 aromatic carbocycles. The molecule has 0 saturated carbocycles. The van der Waals surface area contributed by atoms with Gasteiger partial charge < -0.3 is 9.72 Å². The monoisotopic (exact) mass is 264 g/mol. The van der Waals surface area contributed by atoms with Gasteiger partial charge in [-0.05, 0) is 24.1 Å². The molecule has 0 radical (unpaired) electrons. The zero-order valence-electron chi connectivity index (χ0n) is 10.7. The standard InChI is InChI=1S/C14H17ClN2O/c1-3-10-4-5-13(18-2)11(8-10)12-9-16-14(17-12)6-7-15/h4-5,8-9H,3,6-7H2,1-2H3,(H,16,17). The Balaban J connectivity index is 2.40. The first-order chi connectivity index (χ1) is 8.78. The van der Waals surface area contributed by atoms with Crippen molar-refractivity contribution in [1.82, 2.24) is 9.97 Å². The fourth-order valence-electron chi connectivity index (χ4n) is 1.90. The van der Waals surface area contributed by atoms with Gasteiger partial charge in [-0.1, -0.05) is 13.0 Å². The number of aryl methyl sites for hydroxylation is 2. The fraction of sp³-hybridized carbons (Fsp3) is 0.357. The number of hydrogen-bond acceptors (Lipinski definition) is 2. The summed E-state index contributed by atoms with van der Waals surface area (Å²) in [5, 5.41) is 0. The topological polar surface area (TPSA) is 37.9 Å². The molecule has 0 aliphatic heterocycles. The zero-order chi connectivity index (χ0) is 13.0. The van der Waals surface area contributed by atoms with Crippen molar-refractivity contribution >= 4 is 11.6 Å². The summed E-state index contributed by atoms with van der Waals surface area (Å²) in [5.41, 5.74) is 3.30. The van der Waals surface area contributed by atoms with Crippen molar-refractivity contribution in [2.24, 2.45) is 0 Å². The first-order valence-corrected chi connectivity index (χ1v) is 6.59. The normalized spacial score (nSPS) is 10.6. The molecule has 0 aliphatic carbocycles. The molecular formula is C14H17ClN2O. The molecule has 0 atom stereocenters. The summed E-state index contributed by atoms with van der Waals surface area (Å²) in [7, 11) is 1.68. The van der Waals surface area contributed by atoms with Gasteiger partial charge in [0.15, 0.2) is 0 Å². The second-order valence-corrected chi connectivity index (χ2v) is 4.45. The molecule has 18 heavy (non-hydrogen) atoms. The van der Waals surface area contributed by atoms with Crippen LogP contribution in [0.5, 0.6) is 5.75 Å². The van der Waals surface area contributed by atoms with E-state index in [4.69, 9.17) is 16.3 Å². The molecule has 0 spiro atoms. The highest BCUT2D eigenvalue weighted by Crippen LogP contribution is 2.29. The molecular weight excluding hydrogens is 248 g/mol. The number of nitrogens with zero attached hydrogens (tertiary/aromatic N) is 1. The predicted molar refractivity (Wildman–Crippen MR) is 74.4 cm³/mol. The number of H-pyrrole nitrogens is 1. The molecule has 0 bridgehead atoms. The van der Waals surface area contributed by atoms with Crippen LogP contribution in [0.15, 0.2) is 24.4 Å². The Kier molecular flexibility index (Phi) is 4.26. The lowest BCUT2D eigenvalue weighted by Crippen LogP contribution is -1.92. The predicted octanol–water partition coefficient (Wildman–Crippen LogP) is 3.43. The Labute approximate surface area is 112 Å². The quantitative estimate of drug-likeness (QED) is 0.840. The summed E-state index contributed by atoms with van der Waals surface area (Å²) in [6, 6.07) is 6.21. The van der Waals surface area contributed by atoms with Gasteiger partial charge in [0.05, 0.1) is 19.0 Å². The van der Waals surface area contributed by atoms with Gasteiger partial charge in [0, 0.05) is 17.9 Å². The zero-order valence-corrected chi connectivity index (χ0v) is 11.4. The lowest BCUT2D eigenvalue weighted by atomic mass is 10.1. The molecule has 2 aromatic rings. The van der Waals surface area contributed by atoms with Crippen molar-refractivity contribution in [1.29, 1.82) is 0 Å². The number of rotatable bonds is 5. The van der Waals surface area contributed by atoms with Crippen molar-refractivity contribution in [3.63, 3.8) is 0 Å².